The van der Waals surface area contributed by atoms with Crippen LogP contribution in [0.4, 0.5) is 0 Å². The molecule has 0 bridgehead atoms. The van der Waals surface area contributed by atoms with Gasteiger partial charge in [-0.2, -0.15) is 0 Å². The Bertz CT molecular complexity index is 327. The largest absolute Gasteiger partial charge is 0.310 e. The second-order valence-corrected chi connectivity index (χ2v) is 6.43. The molecule has 0 aromatic heterocycles. The van der Waals surface area contributed by atoms with Crippen molar-refractivity contribution in [3.05, 3.63) is 29.8 Å². The summed E-state index contributed by atoms with van der Waals surface area (Å²) in [5, 5.41) is 3.44. The van der Waals surface area contributed by atoms with Gasteiger partial charge in [0.2, 0.25) is 0 Å². The summed E-state index contributed by atoms with van der Waals surface area (Å²) in [5.41, 5.74) is 1.38. The Kier molecular flexibility index (Phi) is 4.93. The van der Waals surface area contributed by atoms with Crippen LogP contribution in [0.5, 0.6) is 0 Å². The van der Waals surface area contributed by atoms with E-state index in [1.54, 1.807) is 0 Å². The predicted molar refractivity (Wildman–Crippen MR) is 76.5 cm³/mol. The summed E-state index contributed by atoms with van der Waals surface area (Å²) in [6, 6.07) is 9.57. The number of thioether (sulfide) groups is 1. The third kappa shape index (κ3) is 5.13. The summed E-state index contributed by atoms with van der Waals surface area (Å²) in [6.07, 6.45) is 4.35. The zero-order valence-electron chi connectivity index (χ0n) is 10.9. The monoisotopic (exact) mass is 249 g/mol. The lowest BCUT2D eigenvalue weighted by Gasteiger charge is -2.08. The number of hydrogen-bond acceptors (Lipinski definition) is 2. The van der Waals surface area contributed by atoms with Gasteiger partial charge in [-0.05, 0) is 35.8 Å². The van der Waals surface area contributed by atoms with Crippen LogP contribution in [0.15, 0.2) is 29.2 Å². The van der Waals surface area contributed by atoms with E-state index < -0.39 is 0 Å². The van der Waals surface area contributed by atoms with E-state index in [2.05, 4.69) is 43.4 Å². The van der Waals surface area contributed by atoms with Gasteiger partial charge in [-0.3, -0.25) is 0 Å². The standard InChI is InChI=1S/C15H23NS/c1-12(2)16-11-14-5-7-15(8-6-14)17-10-9-13-3-4-13/h5-8,12-13,16H,3-4,9-11H2,1-2H3. The molecule has 17 heavy (non-hydrogen) atoms. The Balaban J connectivity index is 1.71. The second-order valence-electron chi connectivity index (χ2n) is 5.26. The van der Waals surface area contributed by atoms with Crippen molar-refractivity contribution in [3.8, 4) is 0 Å². The molecule has 1 aromatic rings. The van der Waals surface area contributed by atoms with Crippen LogP contribution < -0.4 is 5.32 Å². The quantitative estimate of drug-likeness (QED) is 0.731. The fraction of sp³-hybridized carbons (Fsp3) is 0.600. The second kappa shape index (κ2) is 6.46. The van der Waals surface area contributed by atoms with Gasteiger partial charge in [0.05, 0.1) is 0 Å². The van der Waals surface area contributed by atoms with E-state index in [1.807, 2.05) is 11.8 Å². The van der Waals surface area contributed by atoms with Crippen LogP contribution in [0.25, 0.3) is 0 Å². The molecule has 1 N–H and O–H groups in total. The van der Waals surface area contributed by atoms with Crippen LogP contribution in [0.2, 0.25) is 0 Å². The molecule has 1 nitrogen and oxygen atoms in total. The van der Waals surface area contributed by atoms with Gasteiger partial charge in [0.15, 0.2) is 0 Å². The Labute approximate surface area is 109 Å². The molecule has 0 heterocycles. The molecule has 1 aromatic carbocycles. The molecule has 94 valence electrons. The summed E-state index contributed by atoms with van der Waals surface area (Å²) in [7, 11) is 0. The van der Waals surface area contributed by atoms with Crippen LogP contribution in [0.3, 0.4) is 0 Å². The fourth-order valence-electron chi connectivity index (χ4n) is 1.78. The van der Waals surface area contributed by atoms with Crippen molar-refractivity contribution in [1.82, 2.24) is 5.32 Å². The first-order valence-corrected chi connectivity index (χ1v) is 7.67. The Morgan fingerprint density at radius 2 is 1.94 bits per heavy atom. The molecule has 0 aliphatic heterocycles. The Hall–Kier alpha value is -0.470. The number of hydrogen-bond donors (Lipinski definition) is 1. The maximum absolute atomic E-state index is 3.44. The maximum Gasteiger partial charge on any atom is 0.0207 e. The normalized spacial score (nSPS) is 15.5. The molecule has 1 aliphatic carbocycles. The van der Waals surface area contributed by atoms with Crippen molar-refractivity contribution in [2.24, 2.45) is 5.92 Å². The van der Waals surface area contributed by atoms with Gasteiger partial charge in [-0.1, -0.05) is 38.8 Å². The molecule has 0 atom stereocenters. The number of benzene rings is 1. The molecule has 0 spiro atoms. The summed E-state index contributed by atoms with van der Waals surface area (Å²) >= 11 is 2.00. The minimum atomic E-state index is 0.558. The van der Waals surface area contributed by atoms with E-state index in [0.717, 1.165) is 12.5 Å². The van der Waals surface area contributed by atoms with Gasteiger partial charge in [0, 0.05) is 17.5 Å². The molecule has 1 aliphatic rings. The molecular weight excluding hydrogens is 226 g/mol. The lowest BCUT2D eigenvalue weighted by Crippen LogP contribution is -2.21. The van der Waals surface area contributed by atoms with Crippen LogP contribution in [-0.4, -0.2) is 11.8 Å². The molecule has 1 fully saturated rings. The number of rotatable bonds is 7. The molecule has 2 heteroatoms. The van der Waals surface area contributed by atoms with E-state index in [1.165, 1.54) is 35.5 Å². The maximum atomic E-state index is 3.44. The summed E-state index contributed by atoms with van der Waals surface area (Å²) in [6.45, 7) is 5.34. The average molecular weight is 249 g/mol. The highest BCUT2D eigenvalue weighted by Crippen LogP contribution is 2.34. The van der Waals surface area contributed by atoms with Gasteiger partial charge < -0.3 is 5.32 Å². The third-order valence-corrected chi connectivity index (χ3v) is 4.17. The minimum absolute atomic E-state index is 0.558. The Morgan fingerprint density at radius 3 is 2.53 bits per heavy atom. The predicted octanol–water partition coefficient (Wildman–Crippen LogP) is 4.08. The molecule has 0 unspecified atom stereocenters. The fourth-order valence-corrected chi connectivity index (χ4v) is 2.79. The average Bonchev–Trinajstić information content (AvgIpc) is 3.12. The molecule has 0 amide bonds. The van der Waals surface area contributed by atoms with Gasteiger partial charge >= 0.3 is 0 Å². The summed E-state index contributed by atoms with van der Waals surface area (Å²) in [5.74, 6) is 2.34. The minimum Gasteiger partial charge on any atom is -0.310 e. The van der Waals surface area contributed by atoms with Crippen molar-refractivity contribution < 1.29 is 0 Å². The SMILES string of the molecule is CC(C)NCc1ccc(SCCC2CC2)cc1. The van der Waals surface area contributed by atoms with Gasteiger partial charge in [0.1, 0.15) is 0 Å². The summed E-state index contributed by atoms with van der Waals surface area (Å²) < 4.78 is 0. The lowest BCUT2D eigenvalue weighted by molar-refractivity contribution is 0.588. The van der Waals surface area contributed by atoms with E-state index in [0.29, 0.717) is 6.04 Å². The van der Waals surface area contributed by atoms with Crippen LogP contribution in [-0.2, 0) is 6.54 Å². The van der Waals surface area contributed by atoms with E-state index >= 15 is 0 Å². The summed E-state index contributed by atoms with van der Waals surface area (Å²) in [4.78, 5) is 1.42. The topological polar surface area (TPSA) is 12.0 Å². The first kappa shape index (κ1) is 13.0. The molecule has 0 saturated heterocycles. The van der Waals surface area contributed by atoms with Crippen LogP contribution in [0.1, 0.15) is 38.7 Å². The van der Waals surface area contributed by atoms with E-state index in [9.17, 15) is 0 Å². The van der Waals surface area contributed by atoms with Crippen LogP contribution >= 0.6 is 11.8 Å². The van der Waals surface area contributed by atoms with Crippen LogP contribution in [0, 0.1) is 5.92 Å². The lowest BCUT2D eigenvalue weighted by atomic mass is 10.2. The van der Waals surface area contributed by atoms with Crippen molar-refractivity contribution in [2.45, 2.75) is 50.6 Å². The van der Waals surface area contributed by atoms with E-state index in [-0.39, 0.29) is 0 Å². The highest BCUT2D eigenvalue weighted by molar-refractivity contribution is 7.99. The highest BCUT2D eigenvalue weighted by atomic mass is 32.2. The molecule has 1 saturated carbocycles. The van der Waals surface area contributed by atoms with Gasteiger partial charge in [-0.15, -0.1) is 11.8 Å². The Morgan fingerprint density at radius 1 is 1.24 bits per heavy atom. The van der Waals surface area contributed by atoms with Crippen molar-refractivity contribution >= 4 is 11.8 Å². The first-order chi connectivity index (χ1) is 8.24. The molecule has 2 rings (SSSR count). The highest BCUT2D eigenvalue weighted by Gasteiger charge is 2.20. The third-order valence-electron chi connectivity index (χ3n) is 3.13. The number of nitrogens with one attached hydrogen (secondary N) is 1. The van der Waals surface area contributed by atoms with Crippen molar-refractivity contribution in [1.29, 1.82) is 0 Å². The zero-order chi connectivity index (χ0) is 12.1. The van der Waals surface area contributed by atoms with Crippen molar-refractivity contribution in [3.63, 3.8) is 0 Å². The van der Waals surface area contributed by atoms with Gasteiger partial charge in [-0.25, -0.2) is 0 Å². The smallest absolute Gasteiger partial charge is 0.0207 e. The molecule has 0 radical (unpaired) electrons. The van der Waals surface area contributed by atoms with Gasteiger partial charge in [0.25, 0.3) is 0 Å². The van der Waals surface area contributed by atoms with E-state index in [4.69, 9.17) is 0 Å². The first-order valence-electron chi connectivity index (χ1n) is 6.69. The molecular formula is C15H23NS. The van der Waals surface area contributed by atoms with Crippen molar-refractivity contribution in [2.75, 3.05) is 5.75 Å². The zero-order valence-corrected chi connectivity index (χ0v) is 11.7.